The molecule has 0 heterocycles. The van der Waals surface area contributed by atoms with E-state index in [4.69, 9.17) is 9.47 Å². The summed E-state index contributed by atoms with van der Waals surface area (Å²) in [6.45, 7) is 4.21. The van der Waals surface area contributed by atoms with Crippen LogP contribution in [0, 0.1) is 23.7 Å². The van der Waals surface area contributed by atoms with E-state index >= 15 is 0 Å². The van der Waals surface area contributed by atoms with Gasteiger partial charge < -0.3 is 9.47 Å². The maximum atomic E-state index is 10.9. The first-order valence-electron chi connectivity index (χ1n) is 6.87. The van der Waals surface area contributed by atoms with Crippen LogP contribution in [-0.4, -0.2) is 25.3 Å². The Kier molecular flexibility index (Phi) is 3.25. The summed E-state index contributed by atoms with van der Waals surface area (Å²) >= 11 is 0. The number of carbonyl (C=O) groups excluding carboxylic acids is 1. The van der Waals surface area contributed by atoms with Crippen LogP contribution in [0.15, 0.2) is 24.8 Å². The summed E-state index contributed by atoms with van der Waals surface area (Å²) in [7, 11) is 0. The third-order valence-electron chi connectivity index (χ3n) is 4.77. The fourth-order valence-corrected chi connectivity index (χ4v) is 4.09. The SMILES string of the molecule is C=CC(=O)OCCO[C@H]1C[C@H]2C[C@@H]1[C@@H]1CC=C[C@H]21. The zero-order valence-corrected chi connectivity index (χ0v) is 10.6. The van der Waals surface area contributed by atoms with Gasteiger partial charge in [-0.05, 0) is 42.9 Å². The van der Waals surface area contributed by atoms with Crippen molar-refractivity contribution >= 4 is 5.97 Å². The van der Waals surface area contributed by atoms with Gasteiger partial charge in [-0.15, -0.1) is 0 Å². The van der Waals surface area contributed by atoms with E-state index in [0.717, 1.165) is 23.7 Å². The third kappa shape index (κ3) is 2.01. The molecule has 3 aliphatic rings. The molecule has 0 saturated heterocycles. The highest BCUT2D eigenvalue weighted by molar-refractivity contribution is 5.81. The molecule has 2 bridgehead atoms. The summed E-state index contributed by atoms with van der Waals surface area (Å²) in [4.78, 5) is 10.9. The van der Waals surface area contributed by atoms with Gasteiger partial charge in [-0.3, -0.25) is 0 Å². The zero-order chi connectivity index (χ0) is 12.5. The number of hydrogen-bond acceptors (Lipinski definition) is 3. The average molecular weight is 248 g/mol. The van der Waals surface area contributed by atoms with Crippen molar-refractivity contribution in [1.29, 1.82) is 0 Å². The fraction of sp³-hybridized carbons (Fsp3) is 0.667. The van der Waals surface area contributed by atoms with Crippen molar-refractivity contribution in [2.45, 2.75) is 25.4 Å². The van der Waals surface area contributed by atoms with Crippen LogP contribution in [0.3, 0.4) is 0 Å². The van der Waals surface area contributed by atoms with Crippen molar-refractivity contribution in [2.75, 3.05) is 13.2 Å². The molecule has 5 atom stereocenters. The molecular weight excluding hydrogens is 228 g/mol. The highest BCUT2D eigenvalue weighted by Crippen LogP contribution is 2.57. The molecule has 98 valence electrons. The molecule has 2 fully saturated rings. The highest BCUT2D eigenvalue weighted by Gasteiger charge is 2.52. The van der Waals surface area contributed by atoms with Gasteiger partial charge in [0.1, 0.15) is 6.61 Å². The van der Waals surface area contributed by atoms with E-state index in [9.17, 15) is 4.79 Å². The molecule has 18 heavy (non-hydrogen) atoms. The van der Waals surface area contributed by atoms with Crippen LogP contribution in [0.25, 0.3) is 0 Å². The lowest BCUT2D eigenvalue weighted by Crippen LogP contribution is -2.31. The summed E-state index contributed by atoms with van der Waals surface area (Å²) in [6.07, 6.45) is 10.1. The molecule has 0 amide bonds. The predicted octanol–water partition coefficient (Wildman–Crippen LogP) is 2.33. The van der Waals surface area contributed by atoms with E-state index in [2.05, 4.69) is 18.7 Å². The van der Waals surface area contributed by atoms with Gasteiger partial charge in [-0.2, -0.15) is 0 Å². The zero-order valence-electron chi connectivity index (χ0n) is 10.6. The predicted molar refractivity (Wildman–Crippen MR) is 67.8 cm³/mol. The van der Waals surface area contributed by atoms with Gasteiger partial charge >= 0.3 is 5.97 Å². The third-order valence-corrected chi connectivity index (χ3v) is 4.77. The summed E-state index contributed by atoms with van der Waals surface area (Å²) in [5.41, 5.74) is 0. The topological polar surface area (TPSA) is 35.5 Å². The van der Waals surface area contributed by atoms with E-state index in [1.54, 1.807) is 0 Å². The standard InChI is InChI=1S/C15H20O3/c1-2-15(16)18-7-6-17-14-9-10-8-13(14)12-5-3-4-11(10)12/h2-4,10-14H,1,5-9H2/t10-,11-,12-,13-,14+/m1/s1. The van der Waals surface area contributed by atoms with Crippen LogP contribution in [0.4, 0.5) is 0 Å². The van der Waals surface area contributed by atoms with Gasteiger partial charge in [-0.1, -0.05) is 18.7 Å². The number of ether oxygens (including phenoxy) is 2. The Morgan fingerprint density at radius 3 is 3.06 bits per heavy atom. The van der Waals surface area contributed by atoms with Crippen molar-refractivity contribution < 1.29 is 14.3 Å². The van der Waals surface area contributed by atoms with Gasteiger partial charge in [0.05, 0.1) is 12.7 Å². The van der Waals surface area contributed by atoms with Crippen LogP contribution >= 0.6 is 0 Å². The Morgan fingerprint density at radius 2 is 2.22 bits per heavy atom. The van der Waals surface area contributed by atoms with E-state index in [1.807, 2.05) is 0 Å². The van der Waals surface area contributed by atoms with E-state index < -0.39 is 0 Å². The van der Waals surface area contributed by atoms with Crippen molar-refractivity contribution in [1.82, 2.24) is 0 Å². The monoisotopic (exact) mass is 248 g/mol. The molecule has 0 aliphatic heterocycles. The molecule has 0 aromatic carbocycles. The first kappa shape index (κ1) is 12.0. The quantitative estimate of drug-likeness (QED) is 0.324. The summed E-state index contributed by atoms with van der Waals surface area (Å²) in [6, 6.07) is 0. The molecule has 3 heteroatoms. The lowest BCUT2D eigenvalue weighted by atomic mass is 9.80. The van der Waals surface area contributed by atoms with E-state index in [-0.39, 0.29) is 5.97 Å². The number of carbonyl (C=O) groups is 1. The molecular formula is C15H20O3. The average Bonchev–Trinajstić information content (AvgIpc) is 3.05. The van der Waals surface area contributed by atoms with Crippen LogP contribution in [0.5, 0.6) is 0 Å². The minimum atomic E-state index is -0.369. The van der Waals surface area contributed by atoms with Crippen LogP contribution in [0.2, 0.25) is 0 Å². The maximum Gasteiger partial charge on any atom is 0.330 e. The van der Waals surface area contributed by atoms with Crippen molar-refractivity contribution in [3.63, 3.8) is 0 Å². The van der Waals surface area contributed by atoms with Crippen molar-refractivity contribution in [2.24, 2.45) is 23.7 Å². The van der Waals surface area contributed by atoms with Gasteiger partial charge in [0, 0.05) is 6.08 Å². The number of hydrogen-bond donors (Lipinski definition) is 0. The van der Waals surface area contributed by atoms with Crippen LogP contribution < -0.4 is 0 Å². The molecule has 3 rings (SSSR count). The van der Waals surface area contributed by atoms with Gasteiger partial charge in [-0.25, -0.2) is 4.79 Å². The lowest BCUT2D eigenvalue weighted by Gasteiger charge is -2.31. The summed E-state index contributed by atoms with van der Waals surface area (Å²) in [5.74, 6) is 2.84. The van der Waals surface area contributed by atoms with E-state index in [1.165, 1.54) is 25.3 Å². The molecule has 0 aromatic rings. The minimum absolute atomic E-state index is 0.338. The Bertz CT molecular complexity index is 374. The van der Waals surface area contributed by atoms with Gasteiger partial charge in [0.2, 0.25) is 0 Å². The lowest BCUT2D eigenvalue weighted by molar-refractivity contribution is -0.140. The molecule has 0 aromatic heterocycles. The molecule has 0 unspecified atom stereocenters. The molecule has 3 nitrogen and oxygen atoms in total. The molecule has 3 aliphatic carbocycles. The second-order valence-electron chi connectivity index (χ2n) is 5.58. The maximum absolute atomic E-state index is 10.9. The molecule has 2 saturated carbocycles. The highest BCUT2D eigenvalue weighted by atomic mass is 16.6. The Balaban J connectivity index is 1.43. The van der Waals surface area contributed by atoms with Crippen molar-refractivity contribution in [3.8, 4) is 0 Å². The normalized spacial score (nSPS) is 39.9. The van der Waals surface area contributed by atoms with Crippen LogP contribution in [-0.2, 0) is 14.3 Å². The first-order chi connectivity index (χ1) is 8.79. The fourth-order valence-electron chi connectivity index (χ4n) is 4.09. The number of fused-ring (bicyclic) bond motifs is 5. The molecule has 0 N–H and O–H groups in total. The summed E-state index contributed by atoms with van der Waals surface area (Å²) < 4.78 is 10.8. The van der Waals surface area contributed by atoms with Gasteiger partial charge in [0.25, 0.3) is 0 Å². The molecule has 0 radical (unpaired) electrons. The second-order valence-corrected chi connectivity index (χ2v) is 5.58. The summed E-state index contributed by atoms with van der Waals surface area (Å²) in [5, 5.41) is 0. The second kappa shape index (κ2) is 4.88. The van der Waals surface area contributed by atoms with Gasteiger partial charge in [0.15, 0.2) is 0 Å². The minimum Gasteiger partial charge on any atom is -0.460 e. The number of rotatable bonds is 5. The first-order valence-corrected chi connectivity index (χ1v) is 6.87. The Hall–Kier alpha value is -1.09. The largest absolute Gasteiger partial charge is 0.460 e. The van der Waals surface area contributed by atoms with Crippen molar-refractivity contribution in [3.05, 3.63) is 24.8 Å². The van der Waals surface area contributed by atoms with E-state index in [0.29, 0.717) is 19.3 Å². The number of allylic oxidation sites excluding steroid dienone is 2. The smallest absolute Gasteiger partial charge is 0.330 e. The van der Waals surface area contributed by atoms with Crippen LogP contribution in [0.1, 0.15) is 19.3 Å². The number of esters is 1. The Morgan fingerprint density at radius 1 is 1.33 bits per heavy atom. The Labute approximate surface area is 108 Å². The molecule has 0 spiro atoms.